The summed E-state index contributed by atoms with van der Waals surface area (Å²) in [7, 11) is 1.97. The molecule has 7 nitrogen and oxygen atoms in total. The third kappa shape index (κ3) is 3.77. The first-order valence-electron chi connectivity index (χ1n) is 13.0. The Bertz CT molecular complexity index is 1470. The van der Waals surface area contributed by atoms with E-state index in [0.717, 1.165) is 94.3 Å². The minimum Gasteiger partial charge on any atom is -0.370 e. The van der Waals surface area contributed by atoms with Crippen LogP contribution in [0.5, 0.6) is 0 Å². The monoisotopic (exact) mass is 519 g/mol. The maximum absolute atomic E-state index is 12.1. The number of hydrogen-bond acceptors (Lipinski definition) is 5. The normalized spacial score (nSPS) is 19.8. The number of aromatic nitrogens is 3. The Kier molecular flexibility index (Phi) is 5.48. The maximum atomic E-state index is 12.1. The number of nitrogens with zero attached hydrogens (tertiary/aromatic N) is 5. The fourth-order valence-corrected chi connectivity index (χ4v) is 6.78. The summed E-state index contributed by atoms with van der Waals surface area (Å²) in [5, 5.41) is 6.38. The first kappa shape index (κ1) is 24.4. The summed E-state index contributed by atoms with van der Waals surface area (Å²) in [6, 6.07) is 2.11. The highest BCUT2D eigenvalue weighted by atomic mass is 35.5. The van der Waals surface area contributed by atoms with Crippen LogP contribution < -0.4 is 4.90 Å². The van der Waals surface area contributed by atoms with Gasteiger partial charge in [0.05, 0.1) is 34.6 Å². The van der Waals surface area contributed by atoms with E-state index >= 15 is 0 Å². The predicted molar refractivity (Wildman–Crippen MR) is 147 cm³/mol. The molecule has 3 aliphatic rings. The molecular formula is C29H34ClN5O2. The van der Waals surface area contributed by atoms with Gasteiger partial charge >= 0.3 is 0 Å². The number of aryl methyl sites for hydroxylation is 2. The summed E-state index contributed by atoms with van der Waals surface area (Å²) >= 11 is 7.09. The van der Waals surface area contributed by atoms with Crippen LogP contribution in [0.25, 0.3) is 22.0 Å². The van der Waals surface area contributed by atoms with Gasteiger partial charge in [0.2, 0.25) is 5.91 Å². The van der Waals surface area contributed by atoms with Crippen molar-refractivity contribution >= 4 is 34.2 Å². The van der Waals surface area contributed by atoms with Crippen LogP contribution in [0.1, 0.15) is 42.7 Å². The van der Waals surface area contributed by atoms with E-state index in [2.05, 4.69) is 50.3 Å². The van der Waals surface area contributed by atoms with E-state index < -0.39 is 0 Å². The molecule has 2 aromatic heterocycles. The van der Waals surface area contributed by atoms with Gasteiger partial charge in [0, 0.05) is 61.6 Å². The summed E-state index contributed by atoms with van der Waals surface area (Å²) in [4.78, 5) is 21.7. The summed E-state index contributed by atoms with van der Waals surface area (Å²) in [6.45, 7) is 16.0. The molecule has 3 aromatic rings. The van der Waals surface area contributed by atoms with E-state index in [4.69, 9.17) is 21.3 Å². The van der Waals surface area contributed by atoms with Gasteiger partial charge in [-0.05, 0) is 62.9 Å². The first-order valence-corrected chi connectivity index (χ1v) is 13.3. The minimum absolute atomic E-state index is 0.0194. The Morgan fingerprint density at radius 3 is 2.70 bits per heavy atom. The lowest BCUT2D eigenvalue weighted by molar-refractivity contribution is -0.136. The van der Waals surface area contributed by atoms with E-state index in [0.29, 0.717) is 6.61 Å². The van der Waals surface area contributed by atoms with Gasteiger partial charge in [0.15, 0.2) is 0 Å². The molecule has 37 heavy (non-hydrogen) atoms. The van der Waals surface area contributed by atoms with Crippen LogP contribution in [-0.4, -0.2) is 57.4 Å². The molecule has 1 spiro atoms. The van der Waals surface area contributed by atoms with Crippen molar-refractivity contribution in [1.29, 1.82) is 0 Å². The molecule has 1 aromatic carbocycles. The van der Waals surface area contributed by atoms with Crippen LogP contribution >= 0.6 is 11.6 Å². The zero-order valence-corrected chi connectivity index (χ0v) is 23.1. The third-order valence-corrected chi connectivity index (χ3v) is 8.96. The van der Waals surface area contributed by atoms with Crippen molar-refractivity contribution < 1.29 is 9.53 Å². The van der Waals surface area contributed by atoms with Crippen LogP contribution in [-0.2, 0) is 29.6 Å². The average molecular weight is 520 g/mol. The number of halogens is 1. The number of rotatable bonds is 3. The number of ether oxygens (including phenoxy) is 1. The summed E-state index contributed by atoms with van der Waals surface area (Å²) in [5.41, 5.74) is 7.35. The summed E-state index contributed by atoms with van der Waals surface area (Å²) in [5.74, 6) is 1.04. The largest absolute Gasteiger partial charge is 0.370 e. The zero-order valence-electron chi connectivity index (χ0n) is 22.3. The van der Waals surface area contributed by atoms with Crippen molar-refractivity contribution in [2.75, 3.05) is 31.1 Å². The van der Waals surface area contributed by atoms with Crippen molar-refractivity contribution in [3.05, 3.63) is 52.3 Å². The van der Waals surface area contributed by atoms with E-state index in [1.165, 1.54) is 6.08 Å². The molecule has 1 amide bonds. The van der Waals surface area contributed by atoms with Crippen LogP contribution in [0.3, 0.4) is 0 Å². The van der Waals surface area contributed by atoms with Crippen molar-refractivity contribution in [2.24, 2.45) is 12.5 Å². The lowest BCUT2D eigenvalue weighted by Gasteiger charge is -2.47. The van der Waals surface area contributed by atoms with Gasteiger partial charge in [-0.2, -0.15) is 5.10 Å². The second-order valence-corrected chi connectivity index (χ2v) is 12.1. The molecule has 2 saturated heterocycles. The summed E-state index contributed by atoms with van der Waals surface area (Å²) < 4.78 is 8.22. The fraction of sp³-hybridized carbons (Fsp3) is 0.483. The smallest absolute Gasteiger partial charge is 0.245 e. The van der Waals surface area contributed by atoms with Crippen molar-refractivity contribution in [3.8, 4) is 11.1 Å². The molecule has 8 heteroatoms. The molecular weight excluding hydrogens is 486 g/mol. The standard InChI is InChI=1S/C29H34ClN5O2/c1-7-22(36)35-15-29(16-35)8-9-34(14-29)27-18(3)23(20-13-37-28(4,5)11-21(20)32-27)24-25(30)17(2)10-19-12-31-33(6)26(19)24/h7,10,12H,1,8-9,11,13-16H2,2-6H3. The number of hydrogen-bond donors (Lipinski definition) is 0. The molecule has 3 aliphatic heterocycles. The highest BCUT2D eigenvalue weighted by Crippen LogP contribution is 2.47. The molecule has 0 N–H and O–H groups in total. The molecule has 0 bridgehead atoms. The molecule has 194 valence electrons. The SMILES string of the molecule is C=CC(=O)N1CC2(CCN(c3nc4c(c(-c5c(Cl)c(C)cc6cnn(C)c56)c3C)COC(C)(C)C4)C2)C1. The highest BCUT2D eigenvalue weighted by molar-refractivity contribution is 6.36. The van der Waals surface area contributed by atoms with E-state index in [1.807, 2.05) is 22.8 Å². The second kappa shape index (κ2) is 8.30. The molecule has 2 fully saturated rings. The molecule has 0 saturated carbocycles. The number of anilines is 1. The van der Waals surface area contributed by atoms with Gasteiger partial charge in [0.1, 0.15) is 5.82 Å². The first-order chi connectivity index (χ1) is 17.5. The van der Waals surface area contributed by atoms with Gasteiger partial charge < -0.3 is 14.5 Å². The number of likely N-dealkylation sites (tertiary alicyclic amines) is 1. The van der Waals surface area contributed by atoms with E-state index in [1.54, 1.807) is 0 Å². The van der Waals surface area contributed by atoms with Gasteiger partial charge in [-0.15, -0.1) is 0 Å². The Morgan fingerprint density at radius 1 is 1.22 bits per heavy atom. The minimum atomic E-state index is -0.284. The Labute approximate surface area is 223 Å². The molecule has 0 radical (unpaired) electrons. The maximum Gasteiger partial charge on any atom is 0.245 e. The topological polar surface area (TPSA) is 63.5 Å². The average Bonchev–Trinajstić information content (AvgIpc) is 3.43. The van der Waals surface area contributed by atoms with Crippen molar-refractivity contribution in [2.45, 2.75) is 52.7 Å². The molecule has 0 aliphatic carbocycles. The quantitative estimate of drug-likeness (QED) is 0.457. The molecule has 6 rings (SSSR count). The lowest BCUT2D eigenvalue weighted by Crippen LogP contribution is -2.59. The number of benzene rings is 1. The second-order valence-electron chi connectivity index (χ2n) is 11.7. The lowest BCUT2D eigenvalue weighted by atomic mass is 9.79. The number of carbonyl (C=O) groups excluding carboxylic acids is 1. The van der Waals surface area contributed by atoms with Gasteiger partial charge in [0.25, 0.3) is 0 Å². The number of pyridine rings is 1. The Hall–Kier alpha value is -2.90. The van der Waals surface area contributed by atoms with Gasteiger partial charge in [-0.25, -0.2) is 4.98 Å². The third-order valence-electron chi connectivity index (χ3n) is 8.47. The van der Waals surface area contributed by atoms with Crippen LogP contribution in [0, 0.1) is 19.3 Å². The Morgan fingerprint density at radius 2 is 1.97 bits per heavy atom. The number of carbonyl (C=O) groups is 1. The van der Waals surface area contributed by atoms with Crippen LogP contribution in [0.4, 0.5) is 5.82 Å². The van der Waals surface area contributed by atoms with Crippen LogP contribution in [0.15, 0.2) is 24.9 Å². The summed E-state index contributed by atoms with van der Waals surface area (Å²) in [6.07, 6.45) is 5.10. The zero-order chi connectivity index (χ0) is 26.3. The fourth-order valence-electron chi connectivity index (χ4n) is 6.55. The predicted octanol–water partition coefficient (Wildman–Crippen LogP) is 4.98. The van der Waals surface area contributed by atoms with Crippen molar-refractivity contribution in [3.63, 3.8) is 0 Å². The highest BCUT2D eigenvalue weighted by Gasteiger charge is 2.49. The molecule has 0 unspecified atom stereocenters. The van der Waals surface area contributed by atoms with Crippen LogP contribution in [0.2, 0.25) is 5.02 Å². The molecule has 0 atom stereocenters. The number of fused-ring (bicyclic) bond motifs is 2. The van der Waals surface area contributed by atoms with Gasteiger partial charge in [-0.3, -0.25) is 9.48 Å². The van der Waals surface area contributed by atoms with E-state index in [9.17, 15) is 4.79 Å². The van der Waals surface area contributed by atoms with Gasteiger partial charge in [-0.1, -0.05) is 18.2 Å². The molecule has 5 heterocycles. The number of amides is 1. The van der Waals surface area contributed by atoms with E-state index in [-0.39, 0.29) is 16.9 Å². The Balaban J connectivity index is 1.50. The van der Waals surface area contributed by atoms with Crippen molar-refractivity contribution in [1.82, 2.24) is 19.7 Å².